The molecule has 1 heterocycles. The number of ketones is 1. The molecule has 0 radical (unpaired) electrons. The van der Waals surface area contributed by atoms with Crippen LogP contribution in [0.25, 0.3) is 0 Å². The molecule has 2 fully saturated rings. The summed E-state index contributed by atoms with van der Waals surface area (Å²) in [6.45, 7) is 7.38. The van der Waals surface area contributed by atoms with E-state index in [1.165, 1.54) is 12.6 Å². The molecule has 1 saturated carbocycles. The summed E-state index contributed by atoms with van der Waals surface area (Å²) in [5.74, 6) is -0.0547. The van der Waals surface area contributed by atoms with E-state index in [1.807, 2.05) is 6.07 Å². The van der Waals surface area contributed by atoms with Crippen LogP contribution in [0.4, 0.5) is 5.69 Å². The van der Waals surface area contributed by atoms with E-state index in [0.29, 0.717) is 6.54 Å². The average molecular weight is 329 g/mol. The van der Waals surface area contributed by atoms with Crippen molar-refractivity contribution >= 4 is 17.4 Å². The minimum absolute atomic E-state index is 0.0111. The Labute approximate surface area is 144 Å². The third kappa shape index (κ3) is 3.78. The molecule has 3 rings (SSSR count). The highest BCUT2D eigenvalue weighted by atomic mass is 16.2. The van der Waals surface area contributed by atoms with Crippen molar-refractivity contribution in [2.45, 2.75) is 26.2 Å². The van der Waals surface area contributed by atoms with Crippen LogP contribution in [0.1, 0.15) is 26.2 Å². The molecular formula is C19H27N3O2. The van der Waals surface area contributed by atoms with Gasteiger partial charge in [0.2, 0.25) is 5.91 Å². The van der Waals surface area contributed by atoms with Crippen LogP contribution in [0.3, 0.4) is 0 Å². The number of carbonyl (C=O) groups is 2. The molecule has 130 valence electrons. The van der Waals surface area contributed by atoms with Gasteiger partial charge in [-0.2, -0.15) is 0 Å². The lowest BCUT2D eigenvalue weighted by molar-refractivity contribution is -0.134. The Hall–Kier alpha value is -1.88. The molecule has 0 atom stereocenters. The summed E-state index contributed by atoms with van der Waals surface area (Å²) >= 11 is 0. The van der Waals surface area contributed by atoms with Crippen molar-refractivity contribution < 1.29 is 9.59 Å². The molecule has 1 saturated heterocycles. The molecule has 0 unspecified atom stereocenters. The lowest BCUT2D eigenvalue weighted by Gasteiger charge is -2.36. The van der Waals surface area contributed by atoms with Gasteiger partial charge in [0, 0.05) is 38.4 Å². The zero-order chi connectivity index (χ0) is 17.0. The van der Waals surface area contributed by atoms with Gasteiger partial charge in [-0.05, 0) is 44.9 Å². The van der Waals surface area contributed by atoms with E-state index in [1.54, 1.807) is 0 Å². The molecule has 1 aromatic rings. The normalized spacial score (nSPS) is 19.8. The van der Waals surface area contributed by atoms with Gasteiger partial charge in [-0.1, -0.05) is 18.2 Å². The highest BCUT2D eigenvalue weighted by Crippen LogP contribution is 2.46. The number of nitrogens with one attached hydrogen (secondary N) is 1. The Morgan fingerprint density at radius 1 is 1.08 bits per heavy atom. The van der Waals surface area contributed by atoms with Crippen LogP contribution in [0.2, 0.25) is 0 Å². The number of anilines is 1. The van der Waals surface area contributed by atoms with Crippen LogP contribution in [-0.4, -0.2) is 55.9 Å². The molecule has 5 heteroatoms. The van der Waals surface area contributed by atoms with Gasteiger partial charge in [-0.3, -0.25) is 14.5 Å². The predicted molar refractivity (Wildman–Crippen MR) is 95.1 cm³/mol. The molecule has 1 aliphatic carbocycles. The second-order valence-corrected chi connectivity index (χ2v) is 6.91. The van der Waals surface area contributed by atoms with Crippen molar-refractivity contribution in [1.29, 1.82) is 0 Å². The maximum absolute atomic E-state index is 12.1. The fraction of sp³-hybridized carbons (Fsp3) is 0.579. The van der Waals surface area contributed by atoms with Crippen LogP contribution < -0.4 is 10.2 Å². The first-order valence-corrected chi connectivity index (χ1v) is 8.93. The second-order valence-electron chi connectivity index (χ2n) is 6.91. The molecule has 0 aromatic heterocycles. The van der Waals surface area contributed by atoms with Gasteiger partial charge in [-0.25, -0.2) is 0 Å². The van der Waals surface area contributed by atoms with Gasteiger partial charge in [0.1, 0.15) is 11.2 Å². The lowest BCUT2D eigenvalue weighted by atomic mass is 10.0. The first-order valence-electron chi connectivity index (χ1n) is 8.93. The van der Waals surface area contributed by atoms with Crippen molar-refractivity contribution in [1.82, 2.24) is 10.2 Å². The minimum atomic E-state index is -0.679. The first kappa shape index (κ1) is 17.0. The SMILES string of the molecule is CC(=O)C1(C(=O)NCCCN2CCN(c3ccccc3)CC2)CC1. The Kier molecular flexibility index (Phi) is 5.19. The smallest absolute Gasteiger partial charge is 0.233 e. The highest BCUT2D eigenvalue weighted by Gasteiger charge is 2.53. The van der Waals surface area contributed by atoms with E-state index >= 15 is 0 Å². The van der Waals surface area contributed by atoms with E-state index < -0.39 is 5.41 Å². The molecule has 5 nitrogen and oxygen atoms in total. The molecule has 0 bridgehead atoms. The van der Waals surface area contributed by atoms with E-state index in [-0.39, 0.29) is 11.7 Å². The quantitative estimate of drug-likeness (QED) is 0.611. The topological polar surface area (TPSA) is 52.7 Å². The van der Waals surface area contributed by atoms with Crippen molar-refractivity contribution in [3.63, 3.8) is 0 Å². The number of Topliss-reactive ketones (excluding diaryl/α,β-unsaturated/α-hetero) is 1. The number of rotatable bonds is 7. The van der Waals surface area contributed by atoms with Crippen molar-refractivity contribution in [2.24, 2.45) is 5.41 Å². The molecule has 1 aliphatic heterocycles. The third-order valence-electron chi connectivity index (χ3n) is 5.29. The van der Waals surface area contributed by atoms with Crippen LogP contribution in [0, 0.1) is 5.41 Å². The standard InChI is InChI=1S/C19H27N3O2/c1-16(23)19(8-9-19)18(24)20-10-5-11-21-12-14-22(15-13-21)17-6-3-2-4-7-17/h2-4,6-7H,5,8-15H2,1H3,(H,20,24). The molecule has 2 aliphatic rings. The van der Waals surface area contributed by atoms with E-state index in [9.17, 15) is 9.59 Å². The fourth-order valence-electron chi connectivity index (χ4n) is 3.41. The summed E-state index contributed by atoms with van der Waals surface area (Å²) in [4.78, 5) is 28.5. The molecular weight excluding hydrogens is 302 g/mol. The lowest BCUT2D eigenvalue weighted by Crippen LogP contribution is -2.47. The largest absolute Gasteiger partial charge is 0.369 e. The summed E-state index contributed by atoms with van der Waals surface area (Å²) in [6.07, 6.45) is 2.37. The summed E-state index contributed by atoms with van der Waals surface area (Å²) in [6, 6.07) is 10.5. The zero-order valence-corrected chi connectivity index (χ0v) is 14.5. The average Bonchev–Trinajstić information content (AvgIpc) is 3.42. The second kappa shape index (κ2) is 7.34. The van der Waals surface area contributed by atoms with Crippen molar-refractivity contribution in [2.75, 3.05) is 44.2 Å². The number of nitrogens with zero attached hydrogens (tertiary/aromatic N) is 2. The van der Waals surface area contributed by atoms with Gasteiger partial charge in [0.05, 0.1) is 0 Å². The third-order valence-corrected chi connectivity index (χ3v) is 5.29. The number of piperazine rings is 1. The van der Waals surface area contributed by atoms with Crippen molar-refractivity contribution in [3.8, 4) is 0 Å². The highest BCUT2D eigenvalue weighted by molar-refractivity contribution is 6.07. The molecule has 1 amide bonds. The molecule has 1 N–H and O–H groups in total. The van der Waals surface area contributed by atoms with Gasteiger partial charge >= 0.3 is 0 Å². The van der Waals surface area contributed by atoms with Crippen LogP contribution in [0.5, 0.6) is 0 Å². The Balaban J connectivity index is 1.33. The predicted octanol–water partition coefficient (Wildman–Crippen LogP) is 1.68. The van der Waals surface area contributed by atoms with Gasteiger partial charge in [0.15, 0.2) is 0 Å². The fourth-order valence-corrected chi connectivity index (χ4v) is 3.41. The number of hydrogen-bond acceptors (Lipinski definition) is 4. The maximum Gasteiger partial charge on any atom is 0.233 e. The van der Waals surface area contributed by atoms with Crippen LogP contribution >= 0.6 is 0 Å². The first-order chi connectivity index (χ1) is 11.6. The van der Waals surface area contributed by atoms with Crippen molar-refractivity contribution in [3.05, 3.63) is 30.3 Å². The van der Waals surface area contributed by atoms with Crippen LogP contribution in [-0.2, 0) is 9.59 Å². The van der Waals surface area contributed by atoms with Gasteiger partial charge < -0.3 is 10.2 Å². The number of para-hydroxylation sites is 1. The Bertz CT molecular complexity index is 576. The zero-order valence-electron chi connectivity index (χ0n) is 14.5. The Morgan fingerprint density at radius 2 is 1.75 bits per heavy atom. The van der Waals surface area contributed by atoms with E-state index in [0.717, 1.165) is 52.0 Å². The minimum Gasteiger partial charge on any atom is -0.369 e. The number of benzene rings is 1. The maximum atomic E-state index is 12.1. The summed E-state index contributed by atoms with van der Waals surface area (Å²) < 4.78 is 0. The van der Waals surface area contributed by atoms with Crippen LogP contribution in [0.15, 0.2) is 30.3 Å². The molecule has 0 spiro atoms. The van der Waals surface area contributed by atoms with E-state index in [4.69, 9.17) is 0 Å². The monoisotopic (exact) mass is 329 g/mol. The summed E-state index contributed by atoms with van der Waals surface area (Å²) in [7, 11) is 0. The number of amides is 1. The van der Waals surface area contributed by atoms with E-state index in [2.05, 4.69) is 39.4 Å². The molecule has 1 aromatic carbocycles. The van der Waals surface area contributed by atoms with Gasteiger partial charge in [0.25, 0.3) is 0 Å². The number of hydrogen-bond donors (Lipinski definition) is 1. The Morgan fingerprint density at radius 3 is 2.33 bits per heavy atom. The van der Waals surface area contributed by atoms with Gasteiger partial charge in [-0.15, -0.1) is 0 Å². The summed E-state index contributed by atoms with van der Waals surface area (Å²) in [5.41, 5.74) is 0.616. The summed E-state index contributed by atoms with van der Waals surface area (Å²) in [5, 5.41) is 2.94. The molecule has 24 heavy (non-hydrogen) atoms. The number of carbonyl (C=O) groups excluding carboxylic acids is 2.